The SMILES string of the molecule is CCC(C)N(CC)c1nc(C)c(C(C)NC)s1. The maximum absolute atomic E-state index is 4.72. The fourth-order valence-electron chi connectivity index (χ4n) is 1.91. The lowest BCUT2D eigenvalue weighted by Crippen LogP contribution is -2.32. The third-order valence-electron chi connectivity index (χ3n) is 3.36. The molecule has 0 spiro atoms. The van der Waals surface area contributed by atoms with Crippen LogP contribution in [0, 0.1) is 6.92 Å². The van der Waals surface area contributed by atoms with Crippen LogP contribution in [0.15, 0.2) is 0 Å². The van der Waals surface area contributed by atoms with E-state index in [1.807, 2.05) is 18.4 Å². The molecule has 0 aliphatic carbocycles. The molecule has 2 unspecified atom stereocenters. The average molecular weight is 255 g/mol. The number of hydrogen-bond acceptors (Lipinski definition) is 4. The Bertz CT molecular complexity index is 348. The summed E-state index contributed by atoms with van der Waals surface area (Å²) < 4.78 is 0. The van der Waals surface area contributed by atoms with Crippen molar-refractivity contribution in [3.63, 3.8) is 0 Å². The zero-order valence-electron chi connectivity index (χ0n) is 11.9. The fourth-order valence-corrected chi connectivity index (χ4v) is 3.20. The molecular weight excluding hydrogens is 230 g/mol. The lowest BCUT2D eigenvalue weighted by atomic mass is 10.2. The number of hydrogen-bond donors (Lipinski definition) is 1. The third kappa shape index (κ3) is 3.19. The Balaban J connectivity index is 2.98. The monoisotopic (exact) mass is 255 g/mol. The van der Waals surface area contributed by atoms with Crippen molar-refractivity contribution in [3.8, 4) is 0 Å². The summed E-state index contributed by atoms with van der Waals surface area (Å²) in [6, 6.07) is 0.945. The van der Waals surface area contributed by atoms with Crippen molar-refractivity contribution < 1.29 is 0 Å². The van der Waals surface area contributed by atoms with Crippen LogP contribution >= 0.6 is 11.3 Å². The highest BCUT2D eigenvalue weighted by Crippen LogP contribution is 2.31. The predicted molar refractivity (Wildman–Crippen MR) is 77.1 cm³/mol. The predicted octanol–water partition coefficient (Wildman–Crippen LogP) is 3.36. The number of thiazole rings is 1. The van der Waals surface area contributed by atoms with E-state index in [9.17, 15) is 0 Å². The van der Waals surface area contributed by atoms with Gasteiger partial charge in [-0.05, 0) is 41.2 Å². The summed E-state index contributed by atoms with van der Waals surface area (Å²) >= 11 is 1.82. The summed E-state index contributed by atoms with van der Waals surface area (Å²) in [5.41, 5.74) is 1.16. The molecule has 4 heteroatoms. The van der Waals surface area contributed by atoms with Crippen molar-refractivity contribution in [2.75, 3.05) is 18.5 Å². The van der Waals surface area contributed by atoms with Crippen molar-refractivity contribution >= 4 is 16.5 Å². The molecule has 0 amide bonds. The van der Waals surface area contributed by atoms with Gasteiger partial charge in [0.05, 0.1) is 5.69 Å². The maximum Gasteiger partial charge on any atom is 0.186 e. The number of aryl methyl sites for hydroxylation is 1. The molecule has 0 aliphatic rings. The minimum absolute atomic E-state index is 0.386. The first kappa shape index (κ1) is 14.5. The highest BCUT2D eigenvalue weighted by atomic mass is 32.1. The molecule has 1 heterocycles. The Morgan fingerprint density at radius 2 is 2.00 bits per heavy atom. The Morgan fingerprint density at radius 1 is 1.35 bits per heavy atom. The van der Waals surface area contributed by atoms with Gasteiger partial charge in [0.2, 0.25) is 0 Å². The normalized spacial score (nSPS) is 14.7. The number of nitrogens with one attached hydrogen (secondary N) is 1. The highest BCUT2D eigenvalue weighted by molar-refractivity contribution is 7.15. The summed E-state index contributed by atoms with van der Waals surface area (Å²) in [5, 5.41) is 4.45. The van der Waals surface area contributed by atoms with Gasteiger partial charge in [-0.2, -0.15) is 0 Å². The molecule has 0 aliphatic heterocycles. The van der Waals surface area contributed by atoms with E-state index in [0.29, 0.717) is 12.1 Å². The molecule has 1 N–H and O–H groups in total. The van der Waals surface area contributed by atoms with E-state index in [0.717, 1.165) is 23.8 Å². The van der Waals surface area contributed by atoms with Gasteiger partial charge in [0.15, 0.2) is 5.13 Å². The second kappa shape index (κ2) is 6.36. The summed E-state index contributed by atoms with van der Waals surface area (Å²) in [6.45, 7) is 12.0. The van der Waals surface area contributed by atoms with Gasteiger partial charge >= 0.3 is 0 Å². The van der Waals surface area contributed by atoms with Gasteiger partial charge < -0.3 is 10.2 Å². The van der Waals surface area contributed by atoms with Crippen LogP contribution in [0.4, 0.5) is 5.13 Å². The van der Waals surface area contributed by atoms with Crippen LogP contribution < -0.4 is 10.2 Å². The molecule has 0 fully saturated rings. The molecule has 0 aromatic carbocycles. The molecule has 0 radical (unpaired) electrons. The summed E-state index contributed by atoms with van der Waals surface area (Å²) in [4.78, 5) is 8.47. The second-order valence-electron chi connectivity index (χ2n) is 4.50. The molecule has 1 aromatic rings. The van der Waals surface area contributed by atoms with Crippen LogP contribution in [0.1, 0.15) is 50.7 Å². The van der Waals surface area contributed by atoms with Crippen molar-refractivity contribution in [1.29, 1.82) is 0 Å². The number of nitrogens with zero attached hydrogens (tertiary/aromatic N) is 2. The number of anilines is 1. The zero-order valence-corrected chi connectivity index (χ0v) is 12.7. The van der Waals surface area contributed by atoms with Gasteiger partial charge in [-0.25, -0.2) is 4.98 Å². The average Bonchev–Trinajstić information content (AvgIpc) is 2.70. The van der Waals surface area contributed by atoms with E-state index in [4.69, 9.17) is 4.98 Å². The minimum atomic E-state index is 0.386. The Labute approximate surface area is 109 Å². The van der Waals surface area contributed by atoms with Crippen LogP contribution in [0.3, 0.4) is 0 Å². The van der Waals surface area contributed by atoms with Crippen molar-refractivity contribution in [3.05, 3.63) is 10.6 Å². The van der Waals surface area contributed by atoms with Crippen molar-refractivity contribution in [2.24, 2.45) is 0 Å². The van der Waals surface area contributed by atoms with Gasteiger partial charge in [0, 0.05) is 23.5 Å². The lowest BCUT2D eigenvalue weighted by molar-refractivity contribution is 0.627. The first-order valence-corrected chi connectivity index (χ1v) is 7.27. The molecule has 0 saturated carbocycles. The summed E-state index contributed by atoms with van der Waals surface area (Å²) in [5.74, 6) is 0. The van der Waals surface area contributed by atoms with Crippen LogP contribution in [-0.2, 0) is 0 Å². The molecule has 2 atom stereocenters. The van der Waals surface area contributed by atoms with E-state index in [1.54, 1.807) is 0 Å². The van der Waals surface area contributed by atoms with E-state index in [2.05, 4.69) is 44.8 Å². The van der Waals surface area contributed by atoms with Crippen LogP contribution in [0.25, 0.3) is 0 Å². The topological polar surface area (TPSA) is 28.2 Å². The Hall–Kier alpha value is -0.610. The van der Waals surface area contributed by atoms with E-state index in [1.165, 1.54) is 4.88 Å². The Morgan fingerprint density at radius 3 is 2.47 bits per heavy atom. The summed E-state index contributed by atoms with van der Waals surface area (Å²) in [6.07, 6.45) is 1.16. The zero-order chi connectivity index (χ0) is 13.0. The van der Waals surface area contributed by atoms with E-state index >= 15 is 0 Å². The third-order valence-corrected chi connectivity index (χ3v) is 4.73. The first-order valence-electron chi connectivity index (χ1n) is 6.46. The number of aromatic nitrogens is 1. The standard InChI is InChI=1S/C13H25N3S/c1-7-9(3)16(8-2)13-15-11(5)12(17-13)10(4)14-6/h9-10,14H,7-8H2,1-6H3. The van der Waals surface area contributed by atoms with Gasteiger partial charge in [-0.1, -0.05) is 6.92 Å². The molecule has 0 bridgehead atoms. The largest absolute Gasteiger partial charge is 0.346 e. The molecule has 0 saturated heterocycles. The first-order chi connectivity index (χ1) is 8.04. The highest BCUT2D eigenvalue weighted by Gasteiger charge is 2.18. The van der Waals surface area contributed by atoms with Crippen LogP contribution in [0.2, 0.25) is 0 Å². The maximum atomic E-state index is 4.72. The van der Waals surface area contributed by atoms with Gasteiger partial charge in [0.1, 0.15) is 0 Å². The van der Waals surface area contributed by atoms with Crippen molar-refractivity contribution in [2.45, 2.75) is 53.1 Å². The van der Waals surface area contributed by atoms with Gasteiger partial charge in [0.25, 0.3) is 0 Å². The molecule has 1 rings (SSSR count). The summed E-state index contributed by atoms with van der Waals surface area (Å²) in [7, 11) is 2.00. The minimum Gasteiger partial charge on any atom is -0.346 e. The number of rotatable bonds is 6. The van der Waals surface area contributed by atoms with Crippen LogP contribution in [-0.4, -0.2) is 24.6 Å². The van der Waals surface area contributed by atoms with Gasteiger partial charge in [-0.3, -0.25) is 0 Å². The molecular formula is C13H25N3S. The van der Waals surface area contributed by atoms with E-state index in [-0.39, 0.29) is 0 Å². The smallest absolute Gasteiger partial charge is 0.186 e. The lowest BCUT2D eigenvalue weighted by Gasteiger charge is -2.26. The molecule has 1 aromatic heterocycles. The fraction of sp³-hybridized carbons (Fsp3) is 0.769. The Kier molecular flexibility index (Phi) is 5.40. The second-order valence-corrected chi connectivity index (χ2v) is 5.51. The van der Waals surface area contributed by atoms with Crippen LogP contribution in [0.5, 0.6) is 0 Å². The van der Waals surface area contributed by atoms with E-state index < -0.39 is 0 Å². The molecule has 3 nitrogen and oxygen atoms in total. The molecule has 98 valence electrons. The molecule has 17 heavy (non-hydrogen) atoms. The van der Waals surface area contributed by atoms with Crippen molar-refractivity contribution in [1.82, 2.24) is 10.3 Å². The quantitative estimate of drug-likeness (QED) is 0.845. The van der Waals surface area contributed by atoms with Gasteiger partial charge in [-0.15, -0.1) is 11.3 Å².